The Morgan fingerprint density at radius 3 is 1.45 bits per heavy atom. The van der Waals surface area contributed by atoms with Crippen molar-refractivity contribution >= 4 is 19.8 Å². The first-order chi connectivity index (χ1) is 24.5. The minimum Gasteiger partial charge on any atom is -0.756 e. The van der Waals surface area contributed by atoms with Crippen molar-refractivity contribution in [2.24, 2.45) is 0 Å². The summed E-state index contributed by atoms with van der Waals surface area (Å²) >= 11 is 0. The number of esters is 2. The normalized spacial score (nSPS) is 13.8. The predicted octanol–water partition coefficient (Wildman–Crippen LogP) is 10.8. The zero-order valence-electron chi connectivity index (χ0n) is 33.8. The van der Waals surface area contributed by atoms with Crippen molar-refractivity contribution in [1.29, 1.82) is 0 Å². The standard InChI is InChI=1S/C41H80NO8P/c1-6-8-10-12-14-16-18-19-20-21-22-23-24-26-28-30-32-34-41(44)50-39(38-49-51(45,46)48-36-35-42(3,4)5)37-47-40(43)33-31-29-27-25-17-15-13-11-9-7-2/h19-20,39H,6-18,21-38H2,1-5H3/b20-19+/t39-/m1/s1. The van der Waals surface area contributed by atoms with Gasteiger partial charge in [0.05, 0.1) is 27.7 Å². The summed E-state index contributed by atoms with van der Waals surface area (Å²) in [5.41, 5.74) is 0. The third-order valence-corrected chi connectivity index (χ3v) is 10.00. The van der Waals surface area contributed by atoms with Crippen LogP contribution in [-0.2, 0) is 32.7 Å². The molecule has 0 aromatic heterocycles. The molecule has 0 heterocycles. The van der Waals surface area contributed by atoms with E-state index in [0.29, 0.717) is 17.4 Å². The van der Waals surface area contributed by atoms with Crippen LogP contribution < -0.4 is 4.89 Å². The van der Waals surface area contributed by atoms with E-state index in [1.54, 1.807) is 0 Å². The SMILES string of the molecule is CCCCCCCC/C=C/CCCCCCCCCC(=O)O[C@H](COC(=O)CCCCCCCCCCCC)COP(=O)([O-])OCC[N+](C)(C)C. The molecule has 0 aliphatic carbocycles. The van der Waals surface area contributed by atoms with Gasteiger partial charge in [0.25, 0.3) is 7.82 Å². The van der Waals surface area contributed by atoms with E-state index in [0.717, 1.165) is 44.9 Å². The van der Waals surface area contributed by atoms with Gasteiger partial charge in [-0.3, -0.25) is 14.2 Å². The zero-order chi connectivity index (χ0) is 37.9. The number of carbonyl (C=O) groups excluding carboxylic acids is 2. The number of phosphoric acid groups is 1. The zero-order valence-corrected chi connectivity index (χ0v) is 34.7. The smallest absolute Gasteiger partial charge is 0.306 e. The molecule has 0 aliphatic heterocycles. The van der Waals surface area contributed by atoms with Gasteiger partial charge in [-0.15, -0.1) is 0 Å². The summed E-state index contributed by atoms with van der Waals surface area (Å²) in [6, 6.07) is 0. The molecule has 0 radical (unpaired) electrons. The van der Waals surface area contributed by atoms with Crippen molar-refractivity contribution in [3.8, 4) is 0 Å². The molecule has 2 atom stereocenters. The lowest BCUT2D eigenvalue weighted by Gasteiger charge is -2.28. The number of rotatable bonds is 38. The van der Waals surface area contributed by atoms with Gasteiger partial charge < -0.3 is 27.9 Å². The second-order valence-corrected chi connectivity index (χ2v) is 16.8. The highest BCUT2D eigenvalue weighted by Gasteiger charge is 2.21. The third-order valence-electron chi connectivity index (χ3n) is 9.04. The molecular formula is C41H80NO8P. The molecule has 9 nitrogen and oxygen atoms in total. The number of unbranched alkanes of at least 4 members (excludes halogenated alkanes) is 22. The molecule has 0 bridgehead atoms. The van der Waals surface area contributed by atoms with E-state index in [1.165, 1.54) is 109 Å². The van der Waals surface area contributed by atoms with Crippen molar-refractivity contribution in [2.45, 2.75) is 193 Å². The maximum atomic E-state index is 12.6. The molecule has 0 aromatic rings. The summed E-state index contributed by atoms with van der Waals surface area (Å²) in [6.07, 6.45) is 33.8. The van der Waals surface area contributed by atoms with Crippen LogP contribution in [0.15, 0.2) is 12.2 Å². The average molecular weight is 746 g/mol. The summed E-state index contributed by atoms with van der Waals surface area (Å²) in [5, 5.41) is 0. The molecule has 51 heavy (non-hydrogen) atoms. The van der Waals surface area contributed by atoms with E-state index in [1.807, 2.05) is 21.1 Å². The second kappa shape index (κ2) is 34.5. The molecule has 0 aromatic carbocycles. The van der Waals surface area contributed by atoms with Gasteiger partial charge in [-0.1, -0.05) is 148 Å². The van der Waals surface area contributed by atoms with Crippen molar-refractivity contribution < 1.29 is 42.1 Å². The third kappa shape index (κ3) is 38.3. The van der Waals surface area contributed by atoms with E-state index in [4.69, 9.17) is 18.5 Å². The molecule has 0 saturated heterocycles. The predicted molar refractivity (Wildman–Crippen MR) is 208 cm³/mol. The number of hydrogen-bond acceptors (Lipinski definition) is 8. The Kier molecular flexibility index (Phi) is 33.7. The van der Waals surface area contributed by atoms with Crippen LogP contribution in [0, 0.1) is 0 Å². The summed E-state index contributed by atoms with van der Waals surface area (Å²) in [7, 11) is 1.17. The van der Waals surface area contributed by atoms with Crippen LogP contribution in [0.5, 0.6) is 0 Å². The van der Waals surface area contributed by atoms with E-state index < -0.39 is 26.5 Å². The van der Waals surface area contributed by atoms with E-state index in [9.17, 15) is 19.0 Å². The van der Waals surface area contributed by atoms with Gasteiger partial charge in [-0.25, -0.2) is 0 Å². The number of likely N-dealkylation sites (N-methyl/N-ethyl adjacent to an activating group) is 1. The summed E-state index contributed by atoms with van der Waals surface area (Å²) in [4.78, 5) is 37.4. The van der Waals surface area contributed by atoms with E-state index in [-0.39, 0.29) is 32.0 Å². The fourth-order valence-electron chi connectivity index (χ4n) is 5.71. The molecular weight excluding hydrogens is 665 g/mol. The Labute approximate surface area is 314 Å². The number of carbonyl (C=O) groups is 2. The molecule has 0 N–H and O–H groups in total. The van der Waals surface area contributed by atoms with Crippen LogP contribution in [0.2, 0.25) is 0 Å². The molecule has 0 amide bonds. The Morgan fingerprint density at radius 2 is 1.00 bits per heavy atom. The largest absolute Gasteiger partial charge is 0.756 e. The van der Waals surface area contributed by atoms with Crippen LogP contribution in [0.1, 0.15) is 187 Å². The van der Waals surface area contributed by atoms with Gasteiger partial charge in [0.2, 0.25) is 0 Å². The molecule has 0 fully saturated rings. The molecule has 0 aliphatic rings. The lowest BCUT2D eigenvalue weighted by Crippen LogP contribution is -2.37. The average Bonchev–Trinajstić information content (AvgIpc) is 3.07. The quantitative estimate of drug-likeness (QED) is 0.0202. The van der Waals surface area contributed by atoms with Gasteiger partial charge in [0, 0.05) is 12.8 Å². The second-order valence-electron chi connectivity index (χ2n) is 15.4. The molecule has 0 spiro atoms. The fraction of sp³-hybridized carbons (Fsp3) is 0.902. The van der Waals surface area contributed by atoms with Crippen LogP contribution >= 0.6 is 7.82 Å². The Hall–Kier alpha value is -1.25. The highest BCUT2D eigenvalue weighted by Crippen LogP contribution is 2.38. The first-order valence-corrected chi connectivity index (χ1v) is 22.4. The molecule has 302 valence electrons. The number of hydrogen-bond donors (Lipinski definition) is 0. The Morgan fingerprint density at radius 1 is 0.588 bits per heavy atom. The van der Waals surface area contributed by atoms with Crippen LogP contribution in [0.25, 0.3) is 0 Å². The number of nitrogens with zero attached hydrogens (tertiary/aromatic N) is 1. The van der Waals surface area contributed by atoms with Gasteiger partial charge in [-0.05, 0) is 38.5 Å². The molecule has 1 unspecified atom stereocenters. The maximum Gasteiger partial charge on any atom is 0.306 e. The number of allylic oxidation sites excluding steroid dienone is 2. The summed E-state index contributed by atoms with van der Waals surface area (Å²) in [5.74, 6) is -0.835. The van der Waals surface area contributed by atoms with Gasteiger partial charge in [0.15, 0.2) is 6.10 Å². The van der Waals surface area contributed by atoms with Crippen molar-refractivity contribution in [3.05, 3.63) is 12.2 Å². The Bertz CT molecular complexity index is 891. The van der Waals surface area contributed by atoms with Crippen molar-refractivity contribution in [1.82, 2.24) is 0 Å². The minimum atomic E-state index is -4.61. The van der Waals surface area contributed by atoms with Gasteiger partial charge in [0.1, 0.15) is 19.8 Å². The van der Waals surface area contributed by atoms with E-state index >= 15 is 0 Å². The number of ether oxygens (including phenoxy) is 2. The van der Waals surface area contributed by atoms with Crippen LogP contribution in [0.4, 0.5) is 0 Å². The Balaban J connectivity index is 4.35. The minimum absolute atomic E-state index is 0.0288. The fourth-order valence-corrected chi connectivity index (χ4v) is 6.44. The van der Waals surface area contributed by atoms with Gasteiger partial charge in [-0.2, -0.15) is 0 Å². The monoisotopic (exact) mass is 746 g/mol. The highest BCUT2D eigenvalue weighted by atomic mass is 31.2. The summed E-state index contributed by atoms with van der Waals surface area (Å²) in [6.45, 7) is 4.21. The van der Waals surface area contributed by atoms with Crippen LogP contribution in [0.3, 0.4) is 0 Å². The van der Waals surface area contributed by atoms with E-state index in [2.05, 4.69) is 26.0 Å². The lowest BCUT2D eigenvalue weighted by molar-refractivity contribution is -0.870. The maximum absolute atomic E-state index is 12.6. The van der Waals surface area contributed by atoms with Crippen LogP contribution in [-0.4, -0.2) is 70.0 Å². The first-order valence-electron chi connectivity index (χ1n) is 20.9. The van der Waals surface area contributed by atoms with Crippen molar-refractivity contribution in [2.75, 3.05) is 47.5 Å². The van der Waals surface area contributed by atoms with Gasteiger partial charge >= 0.3 is 11.9 Å². The highest BCUT2D eigenvalue weighted by molar-refractivity contribution is 7.45. The topological polar surface area (TPSA) is 111 Å². The number of quaternary nitrogens is 1. The molecule has 0 saturated carbocycles. The molecule has 0 rings (SSSR count). The summed E-state index contributed by atoms with van der Waals surface area (Å²) < 4.78 is 33.8. The molecule has 10 heteroatoms. The first kappa shape index (κ1) is 49.8. The lowest BCUT2D eigenvalue weighted by atomic mass is 10.1. The van der Waals surface area contributed by atoms with Crippen molar-refractivity contribution in [3.63, 3.8) is 0 Å². The number of phosphoric ester groups is 1.